The minimum Gasteiger partial charge on any atom is -0.302 e. The number of Topliss-reactive ketones (excluding diaryl/α,β-unsaturated/α-hetero) is 1. The quantitative estimate of drug-likeness (QED) is 0.747. The average Bonchev–Trinajstić information content (AvgIpc) is 1.94. The summed E-state index contributed by atoms with van der Waals surface area (Å²) in [4.78, 5) is 12.1. The summed E-state index contributed by atoms with van der Waals surface area (Å²) in [5.41, 5.74) is -1.07. The Kier molecular flexibility index (Phi) is 4.90. The highest BCUT2D eigenvalue weighted by Crippen LogP contribution is 2.19. The first-order valence-corrected chi connectivity index (χ1v) is 7.10. The summed E-state index contributed by atoms with van der Waals surface area (Å²) in [6, 6.07) is -0.898. The van der Waals surface area contributed by atoms with Crippen molar-refractivity contribution in [3.05, 3.63) is 0 Å². The largest absolute Gasteiger partial charge is 0.302 e. The minimum atomic E-state index is -4.18. The Balaban J connectivity index is 5.07. The lowest BCUT2D eigenvalue weighted by atomic mass is 9.86. The minimum absolute atomic E-state index is 0.231. The highest BCUT2D eigenvalue weighted by molar-refractivity contribution is 7.85. The highest BCUT2D eigenvalue weighted by atomic mass is 32.2. The smallest absolute Gasteiger partial charge is 0.266 e. The third kappa shape index (κ3) is 7.46. The van der Waals surface area contributed by atoms with Gasteiger partial charge in [0.2, 0.25) is 0 Å². The molecule has 0 aromatic heterocycles. The SMILES string of the molecule is CC(C)(C)NC(CS(=O)(=O)O)C(=O)C(C)(C)C. The van der Waals surface area contributed by atoms with Gasteiger partial charge >= 0.3 is 0 Å². The molecule has 6 heteroatoms. The van der Waals surface area contributed by atoms with Crippen LogP contribution in [0, 0.1) is 5.41 Å². The number of ketones is 1. The van der Waals surface area contributed by atoms with Crippen LogP contribution in [0.4, 0.5) is 0 Å². The van der Waals surface area contributed by atoms with Crippen molar-refractivity contribution in [2.24, 2.45) is 5.41 Å². The van der Waals surface area contributed by atoms with Crippen LogP contribution in [0.2, 0.25) is 0 Å². The van der Waals surface area contributed by atoms with E-state index in [9.17, 15) is 13.2 Å². The second kappa shape index (κ2) is 5.04. The first-order chi connectivity index (χ1) is 7.22. The van der Waals surface area contributed by atoms with E-state index in [4.69, 9.17) is 4.55 Å². The molecule has 2 N–H and O–H groups in total. The van der Waals surface area contributed by atoms with E-state index in [1.165, 1.54) is 0 Å². The highest BCUT2D eigenvalue weighted by Gasteiger charge is 2.34. The number of carbonyl (C=O) groups excluding carboxylic acids is 1. The third-order valence-electron chi connectivity index (χ3n) is 2.04. The van der Waals surface area contributed by atoms with Gasteiger partial charge in [0.15, 0.2) is 5.78 Å². The Labute approximate surface area is 104 Å². The van der Waals surface area contributed by atoms with Crippen molar-refractivity contribution in [2.75, 3.05) is 5.75 Å². The molecule has 5 nitrogen and oxygen atoms in total. The van der Waals surface area contributed by atoms with Gasteiger partial charge in [-0.25, -0.2) is 0 Å². The lowest BCUT2D eigenvalue weighted by Gasteiger charge is -2.31. The van der Waals surface area contributed by atoms with Crippen LogP contribution < -0.4 is 5.32 Å². The normalized spacial score (nSPS) is 15.7. The number of nitrogens with one attached hydrogen (secondary N) is 1. The Morgan fingerprint density at radius 1 is 1.18 bits per heavy atom. The standard InChI is InChI=1S/C11H23NO4S/c1-10(2,3)9(13)8(7-17(14,15)16)12-11(4,5)6/h8,12H,7H2,1-6H3,(H,14,15,16). The zero-order valence-corrected chi connectivity index (χ0v) is 12.2. The van der Waals surface area contributed by atoms with Gasteiger partial charge in [-0.3, -0.25) is 9.35 Å². The van der Waals surface area contributed by atoms with Crippen molar-refractivity contribution in [3.63, 3.8) is 0 Å². The van der Waals surface area contributed by atoms with Crippen LogP contribution in [0.5, 0.6) is 0 Å². The van der Waals surface area contributed by atoms with Gasteiger partial charge in [-0.05, 0) is 20.8 Å². The van der Waals surface area contributed by atoms with Crippen molar-refractivity contribution in [1.29, 1.82) is 0 Å². The molecule has 0 aliphatic carbocycles. The summed E-state index contributed by atoms with van der Waals surface area (Å²) in [5.74, 6) is -0.828. The molecule has 0 aromatic rings. The van der Waals surface area contributed by atoms with E-state index < -0.39 is 32.9 Å². The van der Waals surface area contributed by atoms with Crippen molar-refractivity contribution < 1.29 is 17.8 Å². The van der Waals surface area contributed by atoms with Gasteiger partial charge in [0, 0.05) is 11.0 Å². The van der Waals surface area contributed by atoms with Crippen molar-refractivity contribution in [2.45, 2.75) is 53.1 Å². The van der Waals surface area contributed by atoms with E-state index >= 15 is 0 Å². The zero-order valence-electron chi connectivity index (χ0n) is 11.4. The summed E-state index contributed by atoms with van der Waals surface area (Å²) in [5, 5.41) is 2.93. The first-order valence-electron chi connectivity index (χ1n) is 5.49. The van der Waals surface area contributed by atoms with Crippen LogP contribution in [0.3, 0.4) is 0 Å². The van der Waals surface area contributed by atoms with Crippen LogP contribution in [0.25, 0.3) is 0 Å². The molecule has 0 amide bonds. The fraction of sp³-hybridized carbons (Fsp3) is 0.909. The Hall–Kier alpha value is -0.460. The molecule has 0 heterocycles. The van der Waals surface area contributed by atoms with Gasteiger partial charge in [-0.15, -0.1) is 0 Å². The molecule has 0 spiro atoms. The molecular formula is C11H23NO4S. The van der Waals surface area contributed by atoms with Crippen LogP contribution >= 0.6 is 0 Å². The molecular weight excluding hydrogens is 242 g/mol. The predicted molar refractivity (Wildman–Crippen MR) is 67.6 cm³/mol. The number of hydrogen-bond donors (Lipinski definition) is 2. The monoisotopic (exact) mass is 265 g/mol. The third-order valence-corrected chi connectivity index (χ3v) is 2.79. The van der Waals surface area contributed by atoms with E-state index in [2.05, 4.69) is 5.32 Å². The fourth-order valence-electron chi connectivity index (χ4n) is 1.44. The summed E-state index contributed by atoms with van der Waals surface area (Å²) < 4.78 is 30.7. The van der Waals surface area contributed by atoms with E-state index in [-0.39, 0.29) is 5.78 Å². The molecule has 0 aromatic carbocycles. The van der Waals surface area contributed by atoms with Gasteiger partial charge in [-0.1, -0.05) is 20.8 Å². The molecule has 0 aliphatic heterocycles. The molecule has 1 atom stereocenters. The Morgan fingerprint density at radius 2 is 1.59 bits per heavy atom. The second-order valence-electron chi connectivity index (χ2n) is 6.31. The maximum Gasteiger partial charge on any atom is 0.266 e. The van der Waals surface area contributed by atoms with Gasteiger partial charge in [0.25, 0.3) is 10.1 Å². The predicted octanol–water partition coefficient (Wildman–Crippen LogP) is 1.25. The summed E-state index contributed by atoms with van der Waals surface area (Å²) in [7, 11) is -4.18. The van der Waals surface area contributed by atoms with E-state index in [0.29, 0.717) is 0 Å². The van der Waals surface area contributed by atoms with Gasteiger partial charge in [-0.2, -0.15) is 8.42 Å². The van der Waals surface area contributed by atoms with Crippen LogP contribution in [0.1, 0.15) is 41.5 Å². The second-order valence-corrected chi connectivity index (χ2v) is 7.81. The van der Waals surface area contributed by atoms with Crippen LogP contribution in [-0.2, 0) is 14.9 Å². The lowest BCUT2D eigenvalue weighted by Crippen LogP contribution is -2.53. The van der Waals surface area contributed by atoms with Gasteiger partial charge < -0.3 is 5.32 Å². The average molecular weight is 265 g/mol. The number of rotatable bonds is 4. The number of hydrogen-bond acceptors (Lipinski definition) is 4. The van der Waals surface area contributed by atoms with Crippen LogP contribution in [0.15, 0.2) is 0 Å². The summed E-state index contributed by atoms with van der Waals surface area (Å²) >= 11 is 0. The molecule has 0 saturated heterocycles. The zero-order chi connectivity index (χ0) is 14.1. The molecule has 0 bridgehead atoms. The molecule has 102 valence electrons. The van der Waals surface area contributed by atoms with E-state index in [1.807, 2.05) is 20.8 Å². The topological polar surface area (TPSA) is 83.5 Å². The van der Waals surface area contributed by atoms with Crippen LogP contribution in [-0.4, -0.2) is 36.1 Å². The van der Waals surface area contributed by atoms with E-state index in [1.54, 1.807) is 20.8 Å². The Bertz CT molecular complexity index is 373. The molecule has 17 heavy (non-hydrogen) atoms. The molecule has 0 radical (unpaired) electrons. The molecule has 0 fully saturated rings. The van der Waals surface area contributed by atoms with Gasteiger partial charge in [0.1, 0.15) is 0 Å². The van der Waals surface area contributed by atoms with Crippen molar-refractivity contribution in [3.8, 4) is 0 Å². The van der Waals surface area contributed by atoms with Crippen molar-refractivity contribution in [1.82, 2.24) is 5.32 Å². The fourth-order valence-corrected chi connectivity index (χ4v) is 2.09. The first kappa shape index (κ1) is 16.5. The van der Waals surface area contributed by atoms with Crippen molar-refractivity contribution >= 4 is 15.9 Å². The summed E-state index contributed by atoms with van der Waals surface area (Å²) in [6.45, 7) is 10.7. The molecule has 0 saturated carbocycles. The van der Waals surface area contributed by atoms with E-state index in [0.717, 1.165) is 0 Å². The molecule has 0 aliphatic rings. The lowest BCUT2D eigenvalue weighted by molar-refractivity contribution is -0.128. The summed E-state index contributed by atoms with van der Waals surface area (Å²) in [6.07, 6.45) is 0. The molecule has 1 unspecified atom stereocenters. The molecule has 0 rings (SSSR count). The maximum atomic E-state index is 12.1. The Morgan fingerprint density at radius 3 is 1.82 bits per heavy atom. The maximum absolute atomic E-state index is 12.1. The van der Waals surface area contributed by atoms with Gasteiger partial charge in [0.05, 0.1) is 11.8 Å². The number of carbonyl (C=O) groups is 1.